The molecule has 0 heterocycles. The smallest absolute Gasteiger partial charge is 0.305 e. The van der Waals surface area contributed by atoms with E-state index in [2.05, 4.69) is 11.7 Å². The average molecular weight is 413 g/mol. The van der Waals surface area contributed by atoms with E-state index in [1.165, 1.54) is 7.11 Å². The summed E-state index contributed by atoms with van der Waals surface area (Å²) in [5.74, 6) is -0.570. The van der Waals surface area contributed by atoms with E-state index >= 15 is 0 Å². The summed E-state index contributed by atoms with van der Waals surface area (Å²) in [7, 11) is 2.99. The van der Waals surface area contributed by atoms with Crippen molar-refractivity contribution >= 4 is 11.8 Å². The van der Waals surface area contributed by atoms with Crippen molar-refractivity contribution in [2.75, 3.05) is 14.2 Å². The van der Waals surface area contributed by atoms with Gasteiger partial charge in [0.15, 0.2) is 0 Å². The number of ether oxygens (including phenoxy) is 2. The zero-order valence-electron chi connectivity index (χ0n) is 18.6. The van der Waals surface area contributed by atoms with E-state index in [0.29, 0.717) is 6.42 Å². The number of unbranched alkanes of at least 4 members (excludes halogenated alkanes) is 4. The summed E-state index contributed by atoms with van der Waals surface area (Å²) in [5.41, 5.74) is -0.671. The first-order valence-corrected chi connectivity index (χ1v) is 11.0. The molecule has 1 unspecified atom stereocenters. The van der Waals surface area contributed by atoms with Gasteiger partial charge in [-0.15, -0.1) is 0 Å². The van der Waals surface area contributed by atoms with Crippen molar-refractivity contribution in [3.05, 3.63) is 12.2 Å². The lowest BCUT2D eigenvalue weighted by Gasteiger charge is -2.32. The van der Waals surface area contributed by atoms with Gasteiger partial charge < -0.3 is 19.7 Å². The maximum absolute atomic E-state index is 12.3. The zero-order valence-corrected chi connectivity index (χ0v) is 18.6. The fourth-order valence-electron chi connectivity index (χ4n) is 4.02. The van der Waals surface area contributed by atoms with Gasteiger partial charge >= 0.3 is 5.97 Å². The lowest BCUT2D eigenvalue weighted by atomic mass is 9.86. The van der Waals surface area contributed by atoms with Crippen LogP contribution >= 0.6 is 0 Å². The van der Waals surface area contributed by atoms with E-state index in [9.17, 15) is 19.8 Å². The largest absolute Gasteiger partial charge is 0.469 e. The summed E-state index contributed by atoms with van der Waals surface area (Å²) in [6.07, 6.45) is 9.58. The summed E-state index contributed by atoms with van der Waals surface area (Å²) in [4.78, 5) is 23.5. The molecule has 1 saturated carbocycles. The highest BCUT2D eigenvalue weighted by molar-refractivity contribution is 5.84. The zero-order chi connectivity index (χ0) is 21.9. The fourth-order valence-corrected chi connectivity index (χ4v) is 4.02. The van der Waals surface area contributed by atoms with Crippen LogP contribution in [0.25, 0.3) is 0 Å². The number of esters is 1. The molecular weight excluding hydrogens is 372 g/mol. The SMILES string of the molecule is CCCC[C@@](C)(OC)[C@H](O)/C=C/C1[C@H](O)CC(=O)[C@@H]1CCCCCCC(=O)OC. The van der Waals surface area contributed by atoms with Gasteiger partial charge in [0, 0.05) is 31.8 Å². The van der Waals surface area contributed by atoms with E-state index in [1.54, 1.807) is 13.2 Å². The van der Waals surface area contributed by atoms with Gasteiger partial charge in [-0.1, -0.05) is 51.2 Å². The number of hydrogen-bond donors (Lipinski definition) is 2. The van der Waals surface area contributed by atoms with Crippen LogP contribution in [0.1, 0.15) is 78.1 Å². The monoisotopic (exact) mass is 412 g/mol. The first-order chi connectivity index (χ1) is 13.8. The molecule has 1 fully saturated rings. The summed E-state index contributed by atoms with van der Waals surface area (Å²) >= 11 is 0. The van der Waals surface area contributed by atoms with E-state index in [0.717, 1.165) is 51.4 Å². The van der Waals surface area contributed by atoms with Gasteiger partial charge in [0.2, 0.25) is 0 Å². The molecule has 0 bridgehead atoms. The molecule has 0 aromatic rings. The second kappa shape index (κ2) is 13.1. The summed E-state index contributed by atoms with van der Waals surface area (Å²) < 4.78 is 10.2. The minimum atomic E-state index is -0.791. The van der Waals surface area contributed by atoms with Crippen LogP contribution in [0.15, 0.2) is 12.2 Å². The van der Waals surface area contributed by atoms with Crippen LogP contribution in [-0.4, -0.2) is 54.0 Å². The number of aliphatic hydroxyl groups excluding tert-OH is 2. The Morgan fingerprint density at radius 3 is 2.55 bits per heavy atom. The van der Waals surface area contributed by atoms with E-state index in [-0.39, 0.29) is 30.0 Å². The molecule has 5 atom stereocenters. The topological polar surface area (TPSA) is 93.1 Å². The Morgan fingerprint density at radius 2 is 1.93 bits per heavy atom. The second-order valence-electron chi connectivity index (χ2n) is 8.40. The molecule has 0 amide bonds. The van der Waals surface area contributed by atoms with Gasteiger partial charge in [0.1, 0.15) is 11.9 Å². The van der Waals surface area contributed by atoms with Crippen molar-refractivity contribution in [1.82, 2.24) is 0 Å². The number of rotatable bonds is 14. The van der Waals surface area contributed by atoms with Gasteiger partial charge in [-0.3, -0.25) is 9.59 Å². The molecule has 1 aliphatic carbocycles. The Bertz CT molecular complexity index is 531. The van der Waals surface area contributed by atoms with E-state index in [4.69, 9.17) is 4.74 Å². The number of Topliss-reactive ketones (excluding diaryl/α,β-unsaturated/α-hetero) is 1. The first-order valence-electron chi connectivity index (χ1n) is 11.0. The molecular formula is C23H40O6. The Labute approximate surface area is 175 Å². The Morgan fingerprint density at radius 1 is 1.24 bits per heavy atom. The molecule has 29 heavy (non-hydrogen) atoms. The second-order valence-corrected chi connectivity index (χ2v) is 8.40. The van der Waals surface area contributed by atoms with Crippen LogP contribution in [0.2, 0.25) is 0 Å². The van der Waals surface area contributed by atoms with Crippen LogP contribution in [0, 0.1) is 11.8 Å². The maximum Gasteiger partial charge on any atom is 0.305 e. The summed E-state index contributed by atoms with van der Waals surface area (Å²) in [5, 5.41) is 21.0. The molecule has 0 aromatic heterocycles. The van der Waals surface area contributed by atoms with Gasteiger partial charge in [0.05, 0.1) is 18.8 Å². The molecule has 0 saturated heterocycles. The Balaban J connectivity index is 2.57. The van der Waals surface area contributed by atoms with Crippen molar-refractivity contribution in [2.45, 2.75) is 95.9 Å². The van der Waals surface area contributed by atoms with Crippen molar-refractivity contribution in [3.8, 4) is 0 Å². The number of hydrogen-bond acceptors (Lipinski definition) is 6. The average Bonchev–Trinajstić information content (AvgIpc) is 2.98. The minimum absolute atomic E-state index is 0.0942. The highest BCUT2D eigenvalue weighted by atomic mass is 16.5. The van der Waals surface area contributed by atoms with Crippen LogP contribution < -0.4 is 0 Å². The van der Waals surface area contributed by atoms with Crippen molar-refractivity contribution < 1.29 is 29.3 Å². The lowest BCUT2D eigenvalue weighted by Crippen LogP contribution is -2.40. The summed E-state index contributed by atoms with van der Waals surface area (Å²) in [6, 6.07) is 0. The molecule has 2 N–H and O–H groups in total. The van der Waals surface area contributed by atoms with Crippen molar-refractivity contribution in [1.29, 1.82) is 0 Å². The fraction of sp³-hybridized carbons (Fsp3) is 0.826. The third-order valence-corrected chi connectivity index (χ3v) is 6.24. The van der Waals surface area contributed by atoms with Crippen LogP contribution in [0.4, 0.5) is 0 Å². The quantitative estimate of drug-likeness (QED) is 0.257. The number of methoxy groups -OCH3 is 2. The van der Waals surface area contributed by atoms with Gasteiger partial charge in [-0.25, -0.2) is 0 Å². The van der Waals surface area contributed by atoms with Gasteiger partial charge in [-0.05, 0) is 26.2 Å². The number of aliphatic hydroxyl groups is 2. The minimum Gasteiger partial charge on any atom is -0.469 e. The first kappa shape index (κ1) is 25.8. The third kappa shape index (κ3) is 8.19. The molecule has 6 heteroatoms. The van der Waals surface area contributed by atoms with Crippen LogP contribution in [0.5, 0.6) is 0 Å². The number of carbonyl (C=O) groups is 2. The molecule has 6 nitrogen and oxygen atoms in total. The molecule has 168 valence electrons. The van der Waals surface area contributed by atoms with Crippen molar-refractivity contribution in [2.24, 2.45) is 11.8 Å². The van der Waals surface area contributed by atoms with Crippen LogP contribution in [0.3, 0.4) is 0 Å². The Hall–Kier alpha value is -1.24. The van der Waals surface area contributed by atoms with Gasteiger partial charge in [-0.2, -0.15) is 0 Å². The third-order valence-electron chi connectivity index (χ3n) is 6.24. The predicted octanol–water partition coefficient (Wildman–Crippen LogP) is 3.58. The molecule has 0 aromatic carbocycles. The Kier molecular flexibility index (Phi) is 11.7. The maximum atomic E-state index is 12.3. The molecule has 0 spiro atoms. The molecule has 1 rings (SSSR count). The number of carbonyl (C=O) groups excluding carboxylic acids is 2. The van der Waals surface area contributed by atoms with Crippen molar-refractivity contribution in [3.63, 3.8) is 0 Å². The van der Waals surface area contributed by atoms with E-state index in [1.807, 2.05) is 13.0 Å². The highest BCUT2D eigenvalue weighted by Gasteiger charge is 2.40. The molecule has 0 aliphatic heterocycles. The lowest BCUT2D eigenvalue weighted by molar-refractivity contribution is -0.140. The standard InChI is InChI=1S/C23H40O6/c1-5-6-15-23(2,29-4)21(26)14-13-18-17(19(24)16-20(18)25)11-9-7-8-10-12-22(27)28-3/h13-14,17-18,20-21,25-26H,5-12,15-16H2,1-4H3/b14-13+/t17-,18?,20-,21-,23-/m1/s1. The van der Waals surface area contributed by atoms with Gasteiger partial charge in [0.25, 0.3) is 0 Å². The summed E-state index contributed by atoms with van der Waals surface area (Å²) in [6.45, 7) is 3.98. The normalized spacial score (nSPS) is 25.3. The highest BCUT2D eigenvalue weighted by Crippen LogP contribution is 2.35. The van der Waals surface area contributed by atoms with Crippen LogP contribution in [-0.2, 0) is 19.1 Å². The number of ketones is 1. The molecule has 0 radical (unpaired) electrons. The predicted molar refractivity (Wildman–Crippen MR) is 112 cm³/mol. The van der Waals surface area contributed by atoms with E-state index < -0.39 is 17.8 Å². The molecule has 1 aliphatic rings.